The number of para-hydroxylation sites is 2. The Morgan fingerprint density at radius 3 is 2.78 bits per heavy atom. The SMILES string of the molecule is O=C(NCC1COc2ccccc2C1)c1ccccc1[N+](=O)[O-]. The van der Waals surface area contributed by atoms with Crippen LogP contribution >= 0.6 is 0 Å². The minimum atomic E-state index is -0.547. The largest absolute Gasteiger partial charge is 0.493 e. The first-order valence-corrected chi connectivity index (χ1v) is 7.37. The molecular formula is C17H16N2O4. The van der Waals surface area contributed by atoms with Crippen LogP contribution in [0, 0.1) is 16.0 Å². The van der Waals surface area contributed by atoms with Crippen molar-refractivity contribution in [2.24, 2.45) is 5.92 Å². The number of carbonyl (C=O) groups is 1. The van der Waals surface area contributed by atoms with Gasteiger partial charge in [0.15, 0.2) is 0 Å². The second-order valence-electron chi connectivity index (χ2n) is 5.47. The molecule has 6 heteroatoms. The van der Waals surface area contributed by atoms with Crippen LogP contribution in [0.5, 0.6) is 5.75 Å². The van der Waals surface area contributed by atoms with Gasteiger partial charge in [-0.05, 0) is 24.1 Å². The van der Waals surface area contributed by atoms with Crippen molar-refractivity contribution in [1.29, 1.82) is 0 Å². The molecule has 3 rings (SSSR count). The van der Waals surface area contributed by atoms with E-state index in [4.69, 9.17) is 4.74 Å². The van der Waals surface area contributed by atoms with Gasteiger partial charge in [-0.25, -0.2) is 0 Å². The number of hydrogen-bond acceptors (Lipinski definition) is 4. The fraction of sp³-hybridized carbons (Fsp3) is 0.235. The topological polar surface area (TPSA) is 81.5 Å². The van der Waals surface area contributed by atoms with Gasteiger partial charge >= 0.3 is 0 Å². The summed E-state index contributed by atoms with van der Waals surface area (Å²) in [5.74, 6) is 0.599. The van der Waals surface area contributed by atoms with E-state index in [1.54, 1.807) is 12.1 Å². The van der Waals surface area contributed by atoms with Crippen molar-refractivity contribution in [3.8, 4) is 5.75 Å². The van der Waals surface area contributed by atoms with Crippen LogP contribution < -0.4 is 10.1 Å². The standard InChI is InChI=1S/C17H16N2O4/c20-17(14-6-2-3-7-15(14)19(21)22)18-10-12-9-13-5-1-4-8-16(13)23-11-12/h1-8,12H,9-11H2,(H,18,20). The summed E-state index contributed by atoms with van der Waals surface area (Å²) in [4.78, 5) is 22.6. The van der Waals surface area contributed by atoms with Gasteiger partial charge in [0.1, 0.15) is 11.3 Å². The van der Waals surface area contributed by atoms with Crippen LogP contribution in [0.2, 0.25) is 0 Å². The first-order chi connectivity index (χ1) is 11.1. The molecule has 1 aliphatic rings. The molecule has 6 nitrogen and oxygen atoms in total. The molecule has 1 N–H and O–H groups in total. The zero-order valence-electron chi connectivity index (χ0n) is 12.4. The third-order valence-electron chi connectivity index (χ3n) is 3.85. The Kier molecular flexibility index (Phi) is 4.23. The third kappa shape index (κ3) is 3.31. The van der Waals surface area contributed by atoms with Crippen molar-refractivity contribution in [3.05, 3.63) is 69.8 Å². The summed E-state index contributed by atoms with van der Waals surface area (Å²) in [6.45, 7) is 0.938. The Morgan fingerprint density at radius 1 is 1.22 bits per heavy atom. The lowest BCUT2D eigenvalue weighted by Crippen LogP contribution is -2.35. The zero-order chi connectivity index (χ0) is 16.2. The van der Waals surface area contributed by atoms with Crippen LogP contribution in [0.25, 0.3) is 0 Å². The van der Waals surface area contributed by atoms with Gasteiger partial charge in [0.05, 0.1) is 11.5 Å². The minimum absolute atomic E-state index is 0.0784. The van der Waals surface area contributed by atoms with E-state index in [-0.39, 0.29) is 17.2 Å². The normalized spacial score (nSPS) is 16.1. The summed E-state index contributed by atoms with van der Waals surface area (Å²) < 4.78 is 5.68. The first kappa shape index (κ1) is 15.0. The predicted molar refractivity (Wildman–Crippen MR) is 84.6 cm³/mol. The molecule has 0 aromatic heterocycles. The maximum Gasteiger partial charge on any atom is 0.282 e. The number of nitro benzene ring substituents is 1. The fourth-order valence-electron chi connectivity index (χ4n) is 2.68. The van der Waals surface area contributed by atoms with E-state index in [2.05, 4.69) is 5.32 Å². The molecule has 0 saturated heterocycles. The first-order valence-electron chi connectivity index (χ1n) is 7.37. The molecular weight excluding hydrogens is 296 g/mol. The van der Waals surface area contributed by atoms with E-state index in [0.717, 1.165) is 17.7 Å². The molecule has 2 aromatic carbocycles. The van der Waals surface area contributed by atoms with E-state index in [1.807, 2.05) is 24.3 Å². The Bertz CT molecular complexity index is 745. The van der Waals surface area contributed by atoms with Crippen LogP contribution in [-0.4, -0.2) is 24.0 Å². The Hall–Kier alpha value is -2.89. The number of nitrogens with one attached hydrogen (secondary N) is 1. The van der Waals surface area contributed by atoms with Crippen LogP contribution in [0.3, 0.4) is 0 Å². The Balaban J connectivity index is 1.63. The molecule has 1 aliphatic heterocycles. The van der Waals surface area contributed by atoms with Gasteiger partial charge < -0.3 is 10.1 Å². The summed E-state index contributed by atoms with van der Waals surface area (Å²) in [7, 11) is 0. The quantitative estimate of drug-likeness (QED) is 0.695. The number of benzene rings is 2. The number of fused-ring (bicyclic) bond motifs is 1. The smallest absolute Gasteiger partial charge is 0.282 e. The van der Waals surface area contributed by atoms with Gasteiger partial charge in [-0.2, -0.15) is 0 Å². The lowest BCUT2D eigenvalue weighted by atomic mass is 9.96. The number of amides is 1. The number of nitro groups is 1. The van der Waals surface area contributed by atoms with Gasteiger partial charge in [-0.1, -0.05) is 30.3 Å². The monoisotopic (exact) mass is 312 g/mol. The molecule has 1 atom stereocenters. The maximum absolute atomic E-state index is 12.2. The second kappa shape index (κ2) is 6.48. The van der Waals surface area contributed by atoms with Crippen molar-refractivity contribution in [1.82, 2.24) is 5.32 Å². The van der Waals surface area contributed by atoms with Crippen LogP contribution in [0.1, 0.15) is 15.9 Å². The second-order valence-corrected chi connectivity index (χ2v) is 5.47. The number of ether oxygens (including phenoxy) is 1. The van der Waals surface area contributed by atoms with Crippen molar-refractivity contribution < 1.29 is 14.5 Å². The van der Waals surface area contributed by atoms with Crippen molar-refractivity contribution in [3.63, 3.8) is 0 Å². The zero-order valence-corrected chi connectivity index (χ0v) is 12.4. The molecule has 2 aromatic rings. The average Bonchev–Trinajstić information content (AvgIpc) is 2.59. The lowest BCUT2D eigenvalue weighted by Gasteiger charge is -2.25. The predicted octanol–water partition coefficient (Wildman–Crippen LogP) is 2.58. The van der Waals surface area contributed by atoms with E-state index < -0.39 is 10.8 Å². The summed E-state index contributed by atoms with van der Waals surface area (Å²) in [6, 6.07) is 13.8. The molecule has 1 unspecified atom stereocenters. The number of hydrogen-bond donors (Lipinski definition) is 1. The highest BCUT2D eigenvalue weighted by molar-refractivity contribution is 5.98. The molecule has 23 heavy (non-hydrogen) atoms. The Morgan fingerprint density at radius 2 is 1.96 bits per heavy atom. The van der Waals surface area contributed by atoms with Gasteiger partial charge in [0.2, 0.25) is 0 Å². The highest BCUT2D eigenvalue weighted by atomic mass is 16.6. The summed E-state index contributed by atoms with van der Waals surface area (Å²) >= 11 is 0. The molecule has 0 radical (unpaired) electrons. The van der Waals surface area contributed by atoms with Gasteiger partial charge in [-0.15, -0.1) is 0 Å². The molecule has 1 amide bonds. The maximum atomic E-state index is 12.2. The Labute approximate surface area is 133 Å². The highest BCUT2D eigenvalue weighted by Gasteiger charge is 2.22. The molecule has 0 saturated carbocycles. The number of carbonyl (C=O) groups excluding carboxylic acids is 1. The molecule has 1 heterocycles. The van der Waals surface area contributed by atoms with Crippen molar-refractivity contribution in [2.75, 3.05) is 13.2 Å². The van der Waals surface area contributed by atoms with Gasteiger partial charge in [0.25, 0.3) is 11.6 Å². The van der Waals surface area contributed by atoms with Gasteiger partial charge in [0, 0.05) is 18.5 Å². The molecule has 0 aliphatic carbocycles. The van der Waals surface area contributed by atoms with Crippen molar-refractivity contribution in [2.45, 2.75) is 6.42 Å². The van der Waals surface area contributed by atoms with Crippen molar-refractivity contribution >= 4 is 11.6 Å². The van der Waals surface area contributed by atoms with Crippen LogP contribution in [0.4, 0.5) is 5.69 Å². The molecule has 0 bridgehead atoms. The van der Waals surface area contributed by atoms with Crippen LogP contribution in [-0.2, 0) is 6.42 Å². The molecule has 0 fully saturated rings. The highest BCUT2D eigenvalue weighted by Crippen LogP contribution is 2.26. The van der Waals surface area contributed by atoms with E-state index in [0.29, 0.717) is 13.2 Å². The van der Waals surface area contributed by atoms with E-state index in [9.17, 15) is 14.9 Å². The summed E-state index contributed by atoms with van der Waals surface area (Å²) in [5.41, 5.74) is 1.01. The summed E-state index contributed by atoms with van der Waals surface area (Å²) in [6.07, 6.45) is 0.813. The minimum Gasteiger partial charge on any atom is -0.493 e. The number of nitrogens with zero attached hydrogens (tertiary/aromatic N) is 1. The third-order valence-corrected chi connectivity index (χ3v) is 3.85. The van der Waals surface area contributed by atoms with E-state index >= 15 is 0 Å². The molecule has 0 spiro atoms. The van der Waals surface area contributed by atoms with E-state index in [1.165, 1.54) is 12.1 Å². The fourth-order valence-corrected chi connectivity index (χ4v) is 2.68. The summed E-state index contributed by atoms with van der Waals surface area (Å²) in [5, 5.41) is 13.7. The lowest BCUT2D eigenvalue weighted by molar-refractivity contribution is -0.385. The average molecular weight is 312 g/mol. The van der Waals surface area contributed by atoms with Gasteiger partial charge in [-0.3, -0.25) is 14.9 Å². The van der Waals surface area contributed by atoms with Crippen LogP contribution in [0.15, 0.2) is 48.5 Å². The molecule has 118 valence electrons. The number of rotatable bonds is 4.